The van der Waals surface area contributed by atoms with Gasteiger partial charge in [0.2, 0.25) is 0 Å². The van der Waals surface area contributed by atoms with Crippen LogP contribution < -0.4 is 15.4 Å². The Bertz CT molecular complexity index is 1170. The number of benzene rings is 2. The van der Waals surface area contributed by atoms with Crippen LogP contribution in [0.4, 0.5) is 0 Å². The van der Waals surface area contributed by atoms with Gasteiger partial charge in [-0.2, -0.15) is 0 Å². The number of hydrogen-bond acceptors (Lipinski definition) is 7. The summed E-state index contributed by atoms with van der Waals surface area (Å²) in [4.78, 5) is 51.4. The predicted molar refractivity (Wildman–Crippen MR) is 122 cm³/mol. The molecule has 4 amide bonds. The van der Waals surface area contributed by atoms with E-state index in [4.69, 9.17) is 14.2 Å². The van der Waals surface area contributed by atoms with Crippen molar-refractivity contribution in [1.29, 1.82) is 0 Å². The predicted octanol–water partition coefficient (Wildman–Crippen LogP) is 1.14. The molecule has 35 heavy (non-hydrogen) atoms. The van der Waals surface area contributed by atoms with Crippen molar-refractivity contribution in [2.45, 2.75) is 25.2 Å². The van der Waals surface area contributed by atoms with E-state index >= 15 is 0 Å². The molecule has 0 unspecified atom stereocenters. The Hall–Kier alpha value is -3.76. The quantitative estimate of drug-likeness (QED) is 0.596. The first-order valence-electron chi connectivity index (χ1n) is 11.5. The second-order valence-electron chi connectivity index (χ2n) is 8.51. The summed E-state index contributed by atoms with van der Waals surface area (Å²) in [5, 5.41) is 5.39. The average molecular weight is 479 g/mol. The van der Waals surface area contributed by atoms with Gasteiger partial charge >= 0.3 is 0 Å². The van der Waals surface area contributed by atoms with Crippen LogP contribution in [0.5, 0.6) is 5.75 Å². The van der Waals surface area contributed by atoms with Gasteiger partial charge in [0.1, 0.15) is 5.75 Å². The molecule has 0 radical (unpaired) electrons. The van der Waals surface area contributed by atoms with E-state index in [1.54, 1.807) is 30.3 Å². The number of nitrogens with zero attached hydrogens (tertiary/aromatic N) is 1. The molecule has 5 rings (SSSR count). The second-order valence-corrected chi connectivity index (χ2v) is 8.51. The summed E-state index contributed by atoms with van der Waals surface area (Å²) in [6.07, 6.45) is 0.451. The standard InChI is InChI=1S/C25H25N3O7/c1-26-23(30)19-11-15(10-14-7-9-33-21(14)19)22(29)27-8-6-20-34-12-16(13-35-20)28-24(31)17-4-2-3-5-18(17)25(28)32/h2-5,10-11,16,20H,6-9,12-13H2,1H3,(H,26,30)(H,27,29). The first kappa shape index (κ1) is 23.0. The van der Waals surface area contributed by atoms with Gasteiger partial charge in [0.15, 0.2) is 6.29 Å². The van der Waals surface area contributed by atoms with Gasteiger partial charge in [0.25, 0.3) is 23.6 Å². The smallest absolute Gasteiger partial charge is 0.261 e. The van der Waals surface area contributed by atoms with E-state index in [1.807, 2.05) is 0 Å². The molecule has 10 nitrogen and oxygen atoms in total. The third kappa shape index (κ3) is 4.26. The number of carbonyl (C=O) groups excluding carboxylic acids is 4. The molecule has 2 aromatic carbocycles. The third-order valence-corrected chi connectivity index (χ3v) is 6.32. The molecular weight excluding hydrogens is 454 g/mol. The van der Waals surface area contributed by atoms with Crippen molar-refractivity contribution in [3.63, 3.8) is 0 Å². The number of amides is 4. The Labute approximate surface area is 201 Å². The molecule has 3 aliphatic rings. The maximum absolute atomic E-state index is 12.7. The Morgan fingerprint density at radius 2 is 1.71 bits per heavy atom. The molecule has 1 fully saturated rings. The minimum atomic E-state index is -0.573. The summed E-state index contributed by atoms with van der Waals surface area (Å²) in [6.45, 7) is 1.07. The lowest BCUT2D eigenvalue weighted by Crippen LogP contribution is -2.50. The minimum Gasteiger partial charge on any atom is -0.492 e. The number of carbonyl (C=O) groups is 4. The Kier molecular flexibility index (Phi) is 6.23. The summed E-state index contributed by atoms with van der Waals surface area (Å²) in [7, 11) is 1.53. The number of ether oxygens (including phenoxy) is 3. The van der Waals surface area contributed by atoms with Gasteiger partial charge in [-0.05, 0) is 29.8 Å². The van der Waals surface area contributed by atoms with E-state index in [0.717, 1.165) is 5.56 Å². The van der Waals surface area contributed by atoms with Crippen LogP contribution >= 0.6 is 0 Å². The maximum atomic E-state index is 12.7. The lowest BCUT2D eigenvalue weighted by Gasteiger charge is -2.33. The fourth-order valence-corrected chi connectivity index (χ4v) is 4.54. The van der Waals surface area contributed by atoms with Crippen molar-refractivity contribution in [2.24, 2.45) is 0 Å². The van der Waals surface area contributed by atoms with Crippen molar-refractivity contribution in [3.8, 4) is 5.75 Å². The number of rotatable bonds is 6. The fraction of sp³-hybridized carbons (Fsp3) is 0.360. The molecule has 2 aromatic rings. The van der Waals surface area contributed by atoms with Gasteiger partial charge < -0.3 is 24.8 Å². The summed E-state index contributed by atoms with van der Waals surface area (Å²) >= 11 is 0. The van der Waals surface area contributed by atoms with Crippen molar-refractivity contribution >= 4 is 23.6 Å². The first-order valence-corrected chi connectivity index (χ1v) is 11.5. The van der Waals surface area contributed by atoms with Crippen LogP contribution in [-0.4, -0.2) is 74.3 Å². The molecule has 0 aliphatic carbocycles. The molecule has 0 atom stereocenters. The highest BCUT2D eigenvalue weighted by atomic mass is 16.7. The zero-order valence-electron chi connectivity index (χ0n) is 19.2. The first-order chi connectivity index (χ1) is 17.0. The normalized spacial score (nSPS) is 20.8. The van der Waals surface area contributed by atoms with E-state index in [2.05, 4.69) is 10.6 Å². The maximum Gasteiger partial charge on any atom is 0.261 e. The van der Waals surface area contributed by atoms with Crippen LogP contribution in [0.25, 0.3) is 0 Å². The molecular formula is C25H25N3O7. The largest absolute Gasteiger partial charge is 0.492 e. The van der Waals surface area contributed by atoms with E-state index in [0.29, 0.717) is 47.5 Å². The number of hydrogen-bond donors (Lipinski definition) is 2. The van der Waals surface area contributed by atoms with Crippen LogP contribution in [-0.2, 0) is 15.9 Å². The molecule has 182 valence electrons. The van der Waals surface area contributed by atoms with Gasteiger partial charge in [0.05, 0.1) is 42.6 Å². The number of nitrogens with one attached hydrogen (secondary N) is 2. The summed E-state index contributed by atoms with van der Waals surface area (Å²) < 4.78 is 17.0. The monoisotopic (exact) mass is 479 g/mol. The van der Waals surface area contributed by atoms with Crippen molar-refractivity contribution in [2.75, 3.05) is 33.4 Å². The van der Waals surface area contributed by atoms with Gasteiger partial charge in [-0.25, -0.2) is 0 Å². The van der Waals surface area contributed by atoms with E-state index in [9.17, 15) is 19.2 Å². The fourth-order valence-electron chi connectivity index (χ4n) is 4.54. The zero-order valence-corrected chi connectivity index (χ0v) is 19.2. The summed E-state index contributed by atoms with van der Waals surface area (Å²) in [5.74, 6) is -0.787. The zero-order chi connectivity index (χ0) is 24.5. The second kappa shape index (κ2) is 9.47. The Morgan fingerprint density at radius 3 is 2.37 bits per heavy atom. The molecule has 1 saturated heterocycles. The van der Waals surface area contributed by atoms with E-state index < -0.39 is 12.3 Å². The summed E-state index contributed by atoms with van der Waals surface area (Å²) in [5.41, 5.74) is 2.32. The highest BCUT2D eigenvalue weighted by molar-refractivity contribution is 6.21. The molecule has 0 saturated carbocycles. The van der Waals surface area contributed by atoms with Crippen LogP contribution in [0.15, 0.2) is 36.4 Å². The molecule has 3 aliphatic heterocycles. The lowest BCUT2D eigenvalue weighted by atomic mass is 10.0. The van der Waals surface area contributed by atoms with Gasteiger partial charge in [-0.3, -0.25) is 24.1 Å². The van der Waals surface area contributed by atoms with Crippen molar-refractivity contribution in [1.82, 2.24) is 15.5 Å². The van der Waals surface area contributed by atoms with Crippen LogP contribution in [0.1, 0.15) is 53.4 Å². The minimum absolute atomic E-state index is 0.157. The van der Waals surface area contributed by atoms with E-state index in [-0.39, 0.29) is 43.4 Å². The van der Waals surface area contributed by atoms with Crippen LogP contribution in [0.3, 0.4) is 0 Å². The molecule has 10 heteroatoms. The van der Waals surface area contributed by atoms with Crippen molar-refractivity contribution in [3.05, 3.63) is 64.2 Å². The highest BCUT2D eigenvalue weighted by Gasteiger charge is 2.41. The SMILES string of the molecule is CNC(=O)c1cc(C(=O)NCCC2OCC(N3C(=O)c4ccccc4C3=O)CO2)cc2c1OCC2. The molecule has 0 spiro atoms. The van der Waals surface area contributed by atoms with Crippen LogP contribution in [0, 0.1) is 0 Å². The average Bonchev–Trinajstić information content (AvgIpc) is 3.46. The molecule has 0 aromatic heterocycles. The lowest BCUT2D eigenvalue weighted by molar-refractivity contribution is -0.198. The van der Waals surface area contributed by atoms with Gasteiger partial charge in [0, 0.05) is 32.0 Å². The molecule has 3 heterocycles. The van der Waals surface area contributed by atoms with Gasteiger partial charge in [-0.1, -0.05) is 12.1 Å². The Morgan fingerprint density at radius 1 is 1.03 bits per heavy atom. The van der Waals surface area contributed by atoms with Crippen LogP contribution in [0.2, 0.25) is 0 Å². The van der Waals surface area contributed by atoms with Gasteiger partial charge in [-0.15, -0.1) is 0 Å². The highest BCUT2D eigenvalue weighted by Crippen LogP contribution is 2.31. The number of fused-ring (bicyclic) bond motifs is 2. The van der Waals surface area contributed by atoms with Crippen molar-refractivity contribution < 1.29 is 33.4 Å². The topological polar surface area (TPSA) is 123 Å². The Balaban J connectivity index is 1.13. The molecule has 0 bridgehead atoms. The van der Waals surface area contributed by atoms with E-state index in [1.165, 1.54) is 18.0 Å². The molecule has 2 N–H and O–H groups in total. The third-order valence-electron chi connectivity index (χ3n) is 6.32. The summed E-state index contributed by atoms with van der Waals surface area (Å²) in [6, 6.07) is 9.48. The number of imide groups is 1.